The Morgan fingerprint density at radius 1 is 1.23 bits per heavy atom. The third-order valence-electron chi connectivity index (χ3n) is 4.23. The van der Waals surface area contributed by atoms with E-state index in [9.17, 15) is 14.9 Å². The molecule has 0 aliphatic rings. The molecule has 1 amide bonds. The predicted octanol–water partition coefficient (Wildman–Crippen LogP) is 2.84. The van der Waals surface area contributed by atoms with Crippen LogP contribution in [0.4, 0.5) is 0 Å². The first-order valence-corrected chi connectivity index (χ1v) is 9.10. The van der Waals surface area contributed by atoms with Crippen molar-refractivity contribution in [2.24, 2.45) is 5.10 Å². The van der Waals surface area contributed by atoms with Crippen LogP contribution in [0.15, 0.2) is 58.4 Å². The van der Waals surface area contributed by atoms with Gasteiger partial charge in [0.2, 0.25) is 0 Å². The lowest BCUT2D eigenvalue weighted by Gasteiger charge is -2.10. The summed E-state index contributed by atoms with van der Waals surface area (Å²) in [6.07, 6.45) is 1.45. The number of halogens is 1. The van der Waals surface area contributed by atoms with E-state index < -0.39 is 11.5 Å². The normalized spacial score (nSPS) is 10.6. The molecule has 3 rings (SSSR count). The van der Waals surface area contributed by atoms with Crippen molar-refractivity contribution in [1.29, 1.82) is 5.26 Å². The molecule has 1 N–H and O–H groups in total. The summed E-state index contributed by atoms with van der Waals surface area (Å²) in [5.41, 5.74) is 2.75. The van der Waals surface area contributed by atoms with Crippen LogP contribution in [0, 0.1) is 18.3 Å². The number of aromatic nitrogens is 2. The van der Waals surface area contributed by atoms with Crippen molar-refractivity contribution in [3.8, 4) is 17.5 Å². The number of hydrogen-bond donors (Lipinski definition) is 1. The second-order valence-corrected chi connectivity index (χ2v) is 6.56. The van der Waals surface area contributed by atoms with Crippen molar-refractivity contribution in [2.75, 3.05) is 7.11 Å². The quantitative estimate of drug-likeness (QED) is 0.503. The summed E-state index contributed by atoms with van der Waals surface area (Å²) in [5, 5.41) is 17.9. The molecular formula is C21H16ClN5O3. The van der Waals surface area contributed by atoms with E-state index >= 15 is 0 Å². The summed E-state index contributed by atoms with van der Waals surface area (Å²) in [5.74, 6) is 0.0426. The summed E-state index contributed by atoms with van der Waals surface area (Å²) in [7, 11) is 1.57. The summed E-state index contributed by atoms with van der Waals surface area (Å²) < 4.78 is 6.07. The van der Waals surface area contributed by atoms with E-state index in [4.69, 9.17) is 16.3 Å². The van der Waals surface area contributed by atoms with Gasteiger partial charge in [-0.1, -0.05) is 11.6 Å². The lowest BCUT2D eigenvalue weighted by atomic mass is 10.1. The van der Waals surface area contributed by atoms with Gasteiger partial charge in [0.15, 0.2) is 5.69 Å². The van der Waals surface area contributed by atoms with Crippen molar-refractivity contribution in [3.05, 3.63) is 86.3 Å². The number of ether oxygens (including phenoxy) is 1. The molecule has 8 nitrogen and oxygen atoms in total. The Morgan fingerprint density at radius 2 is 1.90 bits per heavy atom. The number of hydrogen-bond acceptors (Lipinski definition) is 6. The Labute approximate surface area is 177 Å². The number of benzene rings is 2. The van der Waals surface area contributed by atoms with Crippen LogP contribution in [-0.4, -0.2) is 29.0 Å². The Kier molecular flexibility index (Phi) is 6.25. The standard InChI is InChI=1S/C21H16ClN5O3/c1-13-18(11-23)21(29)27(16-7-5-15(22)6-8-16)26-19(13)20(28)25-24-12-14-3-9-17(30-2)10-4-14/h3-10,12H,1-2H3,(H,25,28)/b24-12+. The molecule has 0 unspecified atom stereocenters. The van der Waals surface area contributed by atoms with E-state index in [1.165, 1.54) is 13.1 Å². The molecule has 0 aliphatic carbocycles. The smallest absolute Gasteiger partial charge is 0.292 e. The van der Waals surface area contributed by atoms with Crippen LogP contribution in [0.25, 0.3) is 5.69 Å². The molecule has 1 heterocycles. The molecule has 0 atom stereocenters. The highest BCUT2D eigenvalue weighted by atomic mass is 35.5. The van der Waals surface area contributed by atoms with Crippen LogP contribution in [0.1, 0.15) is 27.2 Å². The van der Waals surface area contributed by atoms with E-state index in [1.807, 2.05) is 6.07 Å². The highest BCUT2D eigenvalue weighted by Gasteiger charge is 2.20. The highest BCUT2D eigenvalue weighted by molar-refractivity contribution is 6.30. The minimum atomic E-state index is -0.656. The molecule has 0 radical (unpaired) electrons. The Balaban J connectivity index is 1.92. The van der Waals surface area contributed by atoms with Gasteiger partial charge in [-0.25, -0.2) is 5.43 Å². The monoisotopic (exact) mass is 421 g/mol. The first kappa shape index (κ1) is 20.8. The molecule has 0 saturated heterocycles. The van der Waals surface area contributed by atoms with Crippen molar-refractivity contribution in [3.63, 3.8) is 0 Å². The summed E-state index contributed by atoms with van der Waals surface area (Å²) in [6, 6.07) is 15.2. The predicted molar refractivity (Wildman–Crippen MR) is 112 cm³/mol. The average Bonchev–Trinajstić information content (AvgIpc) is 2.75. The first-order valence-electron chi connectivity index (χ1n) is 8.72. The lowest BCUT2D eigenvalue weighted by Crippen LogP contribution is -2.31. The van der Waals surface area contributed by atoms with Crippen LogP contribution < -0.4 is 15.7 Å². The molecule has 9 heteroatoms. The zero-order valence-corrected chi connectivity index (χ0v) is 16.8. The molecule has 0 saturated carbocycles. The maximum Gasteiger partial charge on any atom is 0.292 e. The minimum Gasteiger partial charge on any atom is -0.497 e. The Morgan fingerprint density at radius 3 is 2.50 bits per heavy atom. The fraction of sp³-hybridized carbons (Fsp3) is 0.0952. The summed E-state index contributed by atoms with van der Waals surface area (Å²) in [4.78, 5) is 25.2. The number of methoxy groups -OCH3 is 1. The van der Waals surface area contributed by atoms with Crippen molar-refractivity contribution in [1.82, 2.24) is 15.2 Å². The van der Waals surface area contributed by atoms with Gasteiger partial charge in [-0.15, -0.1) is 0 Å². The number of carbonyl (C=O) groups is 1. The van der Waals surface area contributed by atoms with E-state index in [1.54, 1.807) is 55.6 Å². The molecule has 30 heavy (non-hydrogen) atoms. The zero-order chi connectivity index (χ0) is 21.7. The molecule has 0 aliphatic heterocycles. The fourth-order valence-electron chi connectivity index (χ4n) is 2.62. The Bertz CT molecular complexity index is 1210. The van der Waals surface area contributed by atoms with Crippen molar-refractivity contribution < 1.29 is 9.53 Å². The molecule has 0 bridgehead atoms. The number of nitrogens with one attached hydrogen (secondary N) is 1. The van der Waals surface area contributed by atoms with E-state index in [0.29, 0.717) is 16.5 Å². The maximum absolute atomic E-state index is 12.6. The summed E-state index contributed by atoms with van der Waals surface area (Å²) >= 11 is 5.88. The third-order valence-corrected chi connectivity index (χ3v) is 4.48. The van der Waals surface area contributed by atoms with E-state index in [0.717, 1.165) is 10.2 Å². The van der Waals surface area contributed by atoms with E-state index in [2.05, 4.69) is 15.6 Å². The number of carbonyl (C=O) groups excluding carboxylic acids is 1. The molecule has 0 fully saturated rings. The molecule has 2 aromatic carbocycles. The van der Waals surface area contributed by atoms with Gasteiger partial charge in [0.25, 0.3) is 11.5 Å². The average molecular weight is 422 g/mol. The van der Waals surface area contributed by atoms with Crippen LogP contribution in [0.3, 0.4) is 0 Å². The van der Waals surface area contributed by atoms with Gasteiger partial charge in [0.1, 0.15) is 17.4 Å². The van der Waals surface area contributed by atoms with Crippen molar-refractivity contribution in [2.45, 2.75) is 6.92 Å². The van der Waals surface area contributed by atoms with Gasteiger partial charge < -0.3 is 4.74 Å². The summed E-state index contributed by atoms with van der Waals surface area (Å²) in [6.45, 7) is 1.49. The molecule has 150 valence electrons. The van der Waals surface area contributed by atoms with Gasteiger partial charge in [0, 0.05) is 10.6 Å². The van der Waals surface area contributed by atoms with Crippen LogP contribution in [0.2, 0.25) is 5.02 Å². The van der Waals surface area contributed by atoms with Crippen LogP contribution >= 0.6 is 11.6 Å². The number of amides is 1. The van der Waals surface area contributed by atoms with Gasteiger partial charge in [-0.05, 0) is 61.0 Å². The Hall–Kier alpha value is -3.96. The number of nitriles is 1. The van der Waals surface area contributed by atoms with Crippen LogP contribution in [-0.2, 0) is 0 Å². The number of hydrazone groups is 1. The van der Waals surface area contributed by atoms with Gasteiger partial charge >= 0.3 is 0 Å². The van der Waals surface area contributed by atoms with E-state index in [-0.39, 0.29) is 16.8 Å². The largest absolute Gasteiger partial charge is 0.497 e. The van der Waals surface area contributed by atoms with Gasteiger partial charge in [-0.3, -0.25) is 9.59 Å². The van der Waals surface area contributed by atoms with Gasteiger partial charge in [0.05, 0.1) is 19.0 Å². The maximum atomic E-state index is 12.6. The molecule has 3 aromatic rings. The molecular weight excluding hydrogens is 406 g/mol. The minimum absolute atomic E-state index is 0.0898. The molecule has 0 spiro atoms. The number of rotatable bonds is 5. The zero-order valence-electron chi connectivity index (χ0n) is 16.1. The lowest BCUT2D eigenvalue weighted by molar-refractivity contribution is 0.0947. The number of nitrogens with zero attached hydrogens (tertiary/aromatic N) is 4. The third kappa shape index (κ3) is 4.37. The second kappa shape index (κ2) is 9.03. The first-order chi connectivity index (χ1) is 14.4. The topological polar surface area (TPSA) is 109 Å². The molecule has 1 aromatic heterocycles. The van der Waals surface area contributed by atoms with Crippen LogP contribution in [0.5, 0.6) is 5.75 Å². The second-order valence-electron chi connectivity index (χ2n) is 6.13. The highest BCUT2D eigenvalue weighted by Crippen LogP contribution is 2.14. The van der Waals surface area contributed by atoms with Gasteiger partial charge in [-0.2, -0.15) is 20.1 Å². The van der Waals surface area contributed by atoms with Crippen molar-refractivity contribution >= 4 is 23.7 Å². The SMILES string of the molecule is COc1ccc(/C=N/NC(=O)c2nn(-c3ccc(Cl)cc3)c(=O)c(C#N)c2C)cc1. The fourth-order valence-corrected chi connectivity index (χ4v) is 2.74.